The molecule has 29 heavy (non-hydrogen) atoms. The molecule has 5 heteroatoms. The molecular formula is C24H26N2O2S. The molecular weight excluding hydrogens is 380 g/mol. The van der Waals surface area contributed by atoms with Crippen LogP contribution in [0.1, 0.15) is 40.9 Å². The normalized spacial score (nSPS) is 17.8. The summed E-state index contributed by atoms with van der Waals surface area (Å²) in [6, 6.07) is 22.5. The lowest BCUT2D eigenvalue weighted by Gasteiger charge is -2.25. The van der Waals surface area contributed by atoms with E-state index in [-0.39, 0.29) is 11.9 Å². The number of hydrogen-bond acceptors (Lipinski definition) is 4. The monoisotopic (exact) mass is 406 g/mol. The van der Waals surface area contributed by atoms with E-state index in [0.717, 1.165) is 36.3 Å². The van der Waals surface area contributed by atoms with Crippen LogP contribution in [0.5, 0.6) is 5.75 Å². The van der Waals surface area contributed by atoms with Crippen molar-refractivity contribution in [3.05, 3.63) is 88.1 Å². The Labute approximate surface area is 176 Å². The van der Waals surface area contributed by atoms with Crippen molar-refractivity contribution in [3.63, 3.8) is 0 Å². The molecule has 1 amide bonds. The molecule has 0 unspecified atom stereocenters. The summed E-state index contributed by atoms with van der Waals surface area (Å²) in [5, 5.41) is 5.37. The molecule has 1 aromatic heterocycles. The van der Waals surface area contributed by atoms with Gasteiger partial charge in [0.25, 0.3) is 0 Å². The van der Waals surface area contributed by atoms with E-state index < -0.39 is 0 Å². The number of carbonyl (C=O) groups is 1. The lowest BCUT2D eigenvalue weighted by molar-refractivity contribution is -0.123. The highest BCUT2D eigenvalue weighted by Gasteiger charge is 2.29. The Morgan fingerprint density at radius 1 is 1.10 bits per heavy atom. The molecule has 2 atom stereocenters. The number of ether oxygens (including phenoxy) is 1. The van der Waals surface area contributed by atoms with Gasteiger partial charge in [0.1, 0.15) is 5.75 Å². The molecule has 1 aliphatic rings. The van der Waals surface area contributed by atoms with Crippen LogP contribution in [-0.4, -0.2) is 31.0 Å². The summed E-state index contributed by atoms with van der Waals surface area (Å²) in [7, 11) is 1.66. The van der Waals surface area contributed by atoms with Gasteiger partial charge in [0, 0.05) is 10.9 Å². The maximum Gasteiger partial charge on any atom is 0.234 e. The van der Waals surface area contributed by atoms with Crippen LogP contribution >= 0.6 is 11.3 Å². The average Bonchev–Trinajstić information content (AvgIpc) is 3.44. The Morgan fingerprint density at radius 2 is 1.86 bits per heavy atom. The van der Waals surface area contributed by atoms with E-state index in [9.17, 15) is 4.79 Å². The third kappa shape index (κ3) is 4.69. The van der Waals surface area contributed by atoms with Crippen LogP contribution in [0.25, 0.3) is 0 Å². The van der Waals surface area contributed by atoms with Gasteiger partial charge in [0.05, 0.1) is 19.7 Å². The van der Waals surface area contributed by atoms with E-state index in [2.05, 4.69) is 39.9 Å². The molecule has 0 saturated carbocycles. The SMILES string of the molecule is COc1ccc([C@H](NC(=O)CN2CCC[C@H]2c2cccs2)c2ccccc2)cc1. The van der Waals surface area contributed by atoms with Crippen LogP contribution in [0.15, 0.2) is 72.1 Å². The van der Waals surface area contributed by atoms with Crippen LogP contribution in [0, 0.1) is 0 Å². The number of nitrogens with one attached hydrogen (secondary N) is 1. The van der Waals surface area contributed by atoms with E-state index in [1.54, 1.807) is 18.4 Å². The molecule has 3 aromatic rings. The summed E-state index contributed by atoms with van der Waals surface area (Å²) >= 11 is 1.78. The van der Waals surface area contributed by atoms with Gasteiger partial charge in [-0.25, -0.2) is 0 Å². The fourth-order valence-corrected chi connectivity index (χ4v) is 4.91. The van der Waals surface area contributed by atoms with Gasteiger partial charge in [-0.2, -0.15) is 0 Å². The summed E-state index contributed by atoms with van der Waals surface area (Å²) in [6.07, 6.45) is 2.25. The first-order valence-electron chi connectivity index (χ1n) is 10.0. The summed E-state index contributed by atoms with van der Waals surface area (Å²) in [6.45, 7) is 1.39. The van der Waals surface area contributed by atoms with Crippen molar-refractivity contribution >= 4 is 17.2 Å². The highest BCUT2D eigenvalue weighted by molar-refractivity contribution is 7.10. The molecule has 2 heterocycles. The van der Waals surface area contributed by atoms with E-state index in [1.165, 1.54) is 4.88 Å². The Balaban J connectivity index is 1.50. The van der Waals surface area contributed by atoms with Crippen LogP contribution < -0.4 is 10.1 Å². The van der Waals surface area contributed by atoms with Gasteiger partial charge in [-0.05, 0) is 54.1 Å². The highest BCUT2D eigenvalue weighted by Crippen LogP contribution is 2.34. The van der Waals surface area contributed by atoms with Crippen LogP contribution in [0.4, 0.5) is 0 Å². The summed E-state index contributed by atoms with van der Waals surface area (Å²) in [4.78, 5) is 16.7. The second kappa shape index (κ2) is 9.25. The fraction of sp³-hybridized carbons (Fsp3) is 0.292. The maximum absolute atomic E-state index is 13.0. The number of benzene rings is 2. The first-order chi connectivity index (χ1) is 14.2. The van der Waals surface area contributed by atoms with Gasteiger partial charge < -0.3 is 10.1 Å². The van der Waals surface area contributed by atoms with Gasteiger partial charge in [-0.1, -0.05) is 48.5 Å². The molecule has 4 rings (SSSR count). The quantitative estimate of drug-likeness (QED) is 0.613. The highest BCUT2D eigenvalue weighted by atomic mass is 32.1. The minimum Gasteiger partial charge on any atom is -0.497 e. The average molecular weight is 407 g/mol. The Bertz CT molecular complexity index is 910. The molecule has 1 saturated heterocycles. The number of hydrogen-bond donors (Lipinski definition) is 1. The van der Waals surface area contributed by atoms with Gasteiger partial charge in [-0.3, -0.25) is 9.69 Å². The van der Waals surface area contributed by atoms with Crippen molar-refractivity contribution < 1.29 is 9.53 Å². The minimum atomic E-state index is -0.183. The van der Waals surface area contributed by atoms with Gasteiger partial charge in [0.2, 0.25) is 5.91 Å². The van der Waals surface area contributed by atoms with Crippen molar-refractivity contribution in [3.8, 4) is 5.75 Å². The molecule has 0 aliphatic carbocycles. The second-order valence-electron chi connectivity index (χ2n) is 7.33. The predicted octanol–water partition coefficient (Wildman–Crippen LogP) is 4.80. The lowest BCUT2D eigenvalue weighted by Crippen LogP contribution is -2.38. The summed E-state index contributed by atoms with van der Waals surface area (Å²) in [5.74, 6) is 0.862. The topological polar surface area (TPSA) is 41.6 Å². The lowest BCUT2D eigenvalue weighted by atomic mass is 9.98. The largest absolute Gasteiger partial charge is 0.497 e. The third-order valence-corrected chi connectivity index (χ3v) is 6.44. The summed E-state index contributed by atoms with van der Waals surface area (Å²) in [5.41, 5.74) is 2.11. The van der Waals surface area contributed by atoms with E-state index in [4.69, 9.17) is 4.74 Å². The zero-order valence-electron chi connectivity index (χ0n) is 16.6. The van der Waals surface area contributed by atoms with Gasteiger partial charge in [0.15, 0.2) is 0 Å². The molecule has 2 aromatic carbocycles. The zero-order chi connectivity index (χ0) is 20.1. The number of methoxy groups -OCH3 is 1. The van der Waals surface area contributed by atoms with Crippen LogP contribution in [0.3, 0.4) is 0 Å². The van der Waals surface area contributed by atoms with Crippen molar-refractivity contribution in [2.45, 2.75) is 24.9 Å². The Hall–Kier alpha value is -2.63. The van der Waals surface area contributed by atoms with E-state index >= 15 is 0 Å². The number of carbonyl (C=O) groups excluding carboxylic acids is 1. The first kappa shape index (κ1) is 19.7. The Morgan fingerprint density at radius 3 is 2.55 bits per heavy atom. The van der Waals surface area contributed by atoms with Crippen molar-refractivity contribution in [1.29, 1.82) is 0 Å². The standard InChI is InChI=1S/C24H26N2O2S/c1-28-20-13-11-19(12-14-20)24(18-7-3-2-4-8-18)25-23(27)17-26-15-5-9-21(26)22-10-6-16-29-22/h2-4,6-8,10-14,16,21,24H,5,9,15,17H2,1H3,(H,25,27)/t21-,24+/m0/s1. The molecule has 4 nitrogen and oxygen atoms in total. The Kier molecular flexibility index (Phi) is 6.27. The van der Waals surface area contributed by atoms with Crippen LogP contribution in [0.2, 0.25) is 0 Å². The third-order valence-electron chi connectivity index (χ3n) is 5.47. The molecule has 0 radical (unpaired) electrons. The smallest absolute Gasteiger partial charge is 0.234 e. The maximum atomic E-state index is 13.0. The predicted molar refractivity (Wildman–Crippen MR) is 117 cm³/mol. The van der Waals surface area contributed by atoms with E-state index in [0.29, 0.717) is 12.6 Å². The number of thiophene rings is 1. The minimum absolute atomic E-state index is 0.0538. The molecule has 1 aliphatic heterocycles. The van der Waals surface area contributed by atoms with E-state index in [1.807, 2.05) is 42.5 Å². The molecule has 0 spiro atoms. The molecule has 1 fully saturated rings. The zero-order valence-corrected chi connectivity index (χ0v) is 17.4. The van der Waals surface area contributed by atoms with Crippen LogP contribution in [-0.2, 0) is 4.79 Å². The number of nitrogens with zero attached hydrogens (tertiary/aromatic N) is 1. The van der Waals surface area contributed by atoms with Crippen molar-refractivity contribution in [2.75, 3.05) is 20.2 Å². The number of amides is 1. The fourth-order valence-electron chi connectivity index (χ4n) is 4.01. The number of likely N-dealkylation sites (tertiary alicyclic amines) is 1. The molecule has 0 bridgehead atoms. The van der Waals surface area contributed by atoms with Crippen molar-refractivity contribution in [1.82, 2.24) is 10.2 Å². The van der Waals surface area contributed by atoms with Crippen molar-refractivity contribution in [2.24, 2.45) is 0 Å². The second-order valence-corrected chi connectivity index (χ2v) is 8.31. The molecule has 1 N–H and O–H groups in total. The van der Waals surface area contributed by atoms with Gasteiger partial charge in [-0.15, -0.1) is 11.3 Å². The summed E-state index contributed by atoms with van der Waals surface area (Å²) < 4.78 is 5.28. The first-order valence-corrected chi connectivity index (χ1v) is 10.9. The molecule has 150 valence electrons. The number of rotatable bonds is 7. The van der Waals surface area contributed by atoms with Gasteiger partial charge >= 0.3 is 0 Å².